The summed E-state index contributed by atoms with van der Waals surface area (Å²) in [4.78, 5) is 20.7. The molecule has 4 nitrogen and oxygen atoms in total. The predicted octanol–water partition coefficient (Wildman–Crippen LogP) is 4.18. The second-order valence-electron chi connectivity index (χ2n) is 6.31. The number of thiophene rings is 1. The van der Waals surface area contributed by atoms with Crippen molar-refractivity contribution in [2.45, 2.75) is 18.9 Å². The number of aromatic nitrogens is 1. The molecule has 6 heteroatoms. The maximum atomic E-state index is 13.1. The lowest BCUT2D eigenvalue weighted by Gasteiger charge is -2.30. The van der Waals surface area contributed by atoms with Crippen LogP contribution in [0.15, 0.2) is 42.5 Å². The van der Waals surface area contributed by atoms with E-state index in [1.165, 1.54) is 11.3 Å². The third-order valence-corrected chi connectivity index (χ3v) is 5.85. The van der Waals surface area contributed by atoms with Gasteiger partial charge in [0.15, 0.2) is 0 Å². The zero-order valence-corrected chi connectivity index (χ0v) is 15.2. The topological polar surface area (TPSA) is 59.2 Å². The summed E-state index contributed by atoms with van der Waals surface area (Å²) in [7, 11) is 0. The summed E-state index contributed by atoms with van der Waals surface area (Å²) in [6.45, 7) is 1.41. The number of para-hydroxylation sites is 1. The van der Waals surface area contributed by atoms with Crippen molar-refractivity contribution in [3.63, 3.8) is 0 Å². The van der Waals surface area contributed by atoms with Crippen molar-refractivity contribution in [1.29, 1.82) is 0 Å². The third kappa shape index (κ3) is 3.27. The van der Waals surface area contributed by atoms with Gasteiger partial charge in [-0.3, -0.25) is 4.79 Å². The van der Waals surface area contributed by atoms with Crippen molar-refractivity contribution < 1.29 is 4.79 Å². The Morgan fingerprint density at radius 3 is 2.68 bits per heavy atom. The molecule has 0 aliphatic carbocycles. The number of pyridine rings is 1. The maximum absolute atomic E-state index is 13.1. The molecule has 3 heterocycles. The Balaban J connectivity index is 1.80. The van der Waals surface area contributed by atoms with Crippen LogP contribution in [0.4, 0.5) is 0 Å². The molecule has 1 saturated heterocycles. The van der Waals surface area contributed by atoms with Crippen LogP contribution in [-0.2, 0) is 0 Å². The highest BCUT2D eigenvalue weighted by Gasteiger charge is 2.24. The lowest BCUT2D eigenvalue weighted by atomic mass is 10.0. The van der Waals surface area contributed by atoms with E-state index in [1.54, 1.807) is 0 Å². The van der Waals surface area contributed by atoms with E-state index in [4.69, 9.17) is 22.3 Å². The van der Waals surface area contributed by atoms with Gasteiger partial charge in [-0.25, -0.2) is 4.98 Å². The number of halogens is 1. The van der Waals surface area contributed by atoms with Crippen molar-refractivity contribution in [3.8, 4) is 10.6 Å². The van der Waals surface area contributed by atoms with Crippen LogP contribution in [0.3, 0.4) is 0 Å². The summed E-state index contributed by atoms with van der Waals surface area (Å²) in [5.74, 6) is 0.0504. The second kappa shape index (κ2) is 6.75. The van der Waals surface area contributed by atoms with Crippen LogP contribution in [0.1, 0.15) is 23.2 Å². The number of hydrogen-bond acceptors (Lipinski definition) is 4. The number of carbonyl (C=O) groups excluding carboxylic acids is 1. The molecule has 1 amide bonds. The molecule has 0 bridgehead atoms. The number of benzene rings is 1. The lowest BCUT2D eigenvalue weighted by Crippen LogP contribution is -2.42. The molecule has 4 rings (SSSR count). The first-order chi connectivity index (χ1) is 12.1. The Hall–Kier alpha value is -1.95. The second-order valence-corrected chi connectivity index (χ2v) is 8.02. The molecule has 0 radical (unpaired) electrons. The van der Waals surface area contributed by atoms with Crippen LogP contribution < -0.4 is 5.73 Å². The van der Waals surface area contributed by atoms with E-state index in [-0.39, 0.29) is 11.9 Å². The van der Waals surface area contributed by atoms with E-state index in [0.717, 1.165) is 34.3 Å². The van der Waals surface area contributed by atoms with Crippen molar-refractivity contribution in [1.82, 2.24) is 9.88 Å². The number of carbonyl (C=O) groups is 1. The van der Waals surface area contributed by atoms with Gasteiger partial charge >= 0.3 is 0 Å². The van der Waals surface area contributed by atoms with Crippen LogP contribution in [0, 0.1) is 0 Å². The Bertz CT molecular complexity index is 931. The van der Waals surface area contributed by atoms with Gasteiger partial charge in [-0.1, -0.05) is 29.8 Å². The lowest BCUT2D eigenvalue weighted by molar-refractivity contribution is 0.0716. The minimum atomic E-state index is 0.0504. The molecule has 1 aromatic carbocycles. The largest absolute Gasteiger partial charge is 0.339 e. The Morgan fingerprint density at radius 2 is 1.96 bits per heavy atom. The van der Waals surface area contributed by atoms with E-state index in [2.05, 4.69) is 0 Å². The van der Waals surface area contributed by atoms with Gasteiger partial charge in [0.05, 0.1) is 26.0 Å². The Kier molecular flexibility index (Phi) is 4.46. The minimum Gasteiger partial charge on any atom is -0.339 e. The normalized spacial score (nSPS) is 15.7. The average molecular weight is 372 g/mol. The monoisotopic (exact) mass is 371 g/mol. The number of amides is 1. The molecule has 0 spiro atoms. The summed E-state index contributed by atoms with van der Waals surface area (Å²) in [5, 5.41) is 0.883. The molecule has 2 N–H and O–H groups in total. The predicted molar refractivity (Wildman–Crippen MR) is 103 cm³/mol. The summed E-state index contributed by atoms with van der Waals surface area (Å²) < 4.78 is 0.711. The fourth-order valence-electron chi connectivity index (χ4n) is 3.20. The fourth-order valence-corrected chi connectivity index (χ4v) is 4.21. The van der Waals surface area contributed by atoms with Crippen LogP contribution in [0.2, 0.25) is 4.34 Å². The van der Waals surface area contributed by atoms with Crippen molar-refractivity contribution >= 4 is 39.7 Å². The Morgan fingerprint density at radius 1 is 1.20 bits per heavy atom. The molecule has 3 aromatic rings. The molecule has 0 saturated carbocycles. The van der Waals surface area contributed by atoms with Crippen LogP contribution >= 0.6 is 22.9 Å². The molecular formula is C19H18ClN3OS. The van der Waals surface area contributed by atoms with Gasteiger partial charge in [0, 0.05) is 24.5 Å². The maximum Gasteiger partial charge on any atom is 0.254 e. The van der Waals surface area contributed by atoms with Gasteiger partial charge in [-0.2, -0.15) is 0 Å². The standard InChI is InChI=1S/C19H18ClN3OS/c20-18-6-5-17(25-18)16-11-14(13-3-1-2-4-15(13)22-16)19(24)23-9-7-12(21)8-10-23/h1-6,11-12H,7-10,21H2. The zero-order valence-electron chi connectivity index (χ0n) is 13.6. The molecule has 1 fully saturated rings. The first-order valence-corrected chi connectivity index (χ1v) is 9.51. The molecule has 1 aliphatic rings. The molecule has 128 valence electrons. The zero-order chi connectivity index (χ0) is 17.4. The molecular weight excluding hydrogens is 354 g/mol. The number of piperidine rings is 1. The average Bonchev–Trinajstić information content (AvgIpc) is 3.07. The fraction of sp³-hybridized carbons (Fsp3) is 0.263. The summed E-state index contributed by atoms with van der Waals surface area (Å²) in [5.41, 5.74) is 8.27. The minimum absolute atomic E-state index is 0.0504. The number of nitrogens with two attached hydrogens (primary N) is 1. The van der Waals surface area contributed by atoms with E-state index < -0.39 is 0 Å². The third-order valence-electron chi connectivity index (χ3n) is 4.60. The molecule has 25 heavy (non-hydrogen) atoms. The van der Waals surface area contributed by atoms with Crippen molar-refractivity contribution in [2.75, 3.05) is 13.1 Å². The van der Waals surface area contributed by atoms with Crippen molar-refractivity contribution in [2.24, 2.45) is 5.73 Å². The quantitative estimate of drug-likeness (QED) is 0.735. The smallest absolute Gasteiger partial charge is 0.254 e. The molecule has 2 aromatic heterocycles. The number of rotatable bonds is 2. The van der Waals surface area contributed by atoms with Gasteiger partial charge in [0.1, 0.15) is 0 Å². The molecule has 0 atom stereocenters. The number of nitrogens with zero attached hydrogens (tertiary/aromatic N) is 2. The number of fused-ring (bicyclic) bond motifs is 1. The highest BCUT2D eigenvalue weighted by molar-refractivity contribution is 7.19. The van der Waals surface area contributed by atoms with Gasteiger partial charge in [-0.05, 0) is 37.1 Å². The van der Waals surface area contributed by atoms with Gasteiger partial charge in [0.2, 0.25) is 0 Å². The van der Waals surface area contributed by atoms with E-state index in [9.17, 15) is 4.79 Å². The Labute approximate surface area is 155 Å². The summed E-state index contributed by atoms with van der Waals surface area (Å²) >= 11 is 7.54. The van der Waals surface area contributed by atoms with Crippen LogP contribution in [-0.4, -0.2) is 34.9 Å². The van der Waals surface area contributed by atoms with Gasteiger partial charge in [0.25, 0.3) is 5.91 Å². The first-order valence-electron chi connectivity index (χ1n) is 8.32. The first kappa shape index (κ1) is 16.5. The van der Waals surface area contributed by atoms with E-state index >= 15 is 0 Å². The summed E-state index contributed by atoms with van der Waals surface area (Å²) in [6.07, 6.45) is 1.70. The SMILES string of the molecule is NC1CCN(C(=O)c2cc(-c3ccc(Cl)s3)nc3ccccc23)CC1. The number of hydrogen-bond donors (Lipinski definition) is 1. The number of likely N-dealkylation sites (tertiary alicyclic amines) is 1. The highest BCUT2D eigenvalue weighted by Crippen LogP contribution is 2.32. The molecule has 1 aliphatic heterocycles. The van der Waals surface area contributed by atoms with Gasteiger partial charge in [-0.15, -0.1) is 11.3 Å². The van der Waals surface area contributed by atoms with E-state index in [1.807, 2.05) is 47.4 Å². The van der Waals surface area contributed by atoms with Crippen molar-refractivity contribution in [3.05, 3.63) is 52.4 Å². The highest BCUT2D eigenvalue weighted by atomic mass is 35.5. The summed E-state index contributed by atoms with van der Waals surface area (Å²) in [6, 6.07) is 13.7. The van der Waals surface area contributed by atoms with E-state index in [0.29, 0.717) is 23.0 Å². The molecule has 0 unspecified atom stereocenters. The van der Waals surface area contributed by atoms with Crippen LogP contribution in [0.25, 0.3) is 21.5 Å². The van der Waals surface area contributed by atoms with Gasteiger partial charge < -0.3 is 10.6 Å². The van der Waals surface area contributed by atoms with Crippen LogP contribution in [0.5, 0.6) is 0 Å².